The van der Waals surface area contributed by atoms with Gasteiger partial charge in [-0.05, 0) is 67.1 Å². The molecular formula is C20H23ClN2O4S. The van der Waals surface area contributed by atoms with Crippen molar-refractivity contribution in [1.29, 1.82) is 0 Å². The standard InChI is InChI=1S/C20H23ClN2O4S/c1-27-19-9-7-16(21)13-18(19)23-20(24)10-11-22-28(25,26)17-8-6-14-4-2-3-5-15(14)12-17/h6-9,12-13,22H,2-5,10-11H2,1H3,(H,23,24). The predicted molar refractivity (Wildman–Crippen MR) is 110 cm³/mol. The van der Waals surface area contributed by atoms with E-state index in [0.29, 0.717) is 16.5 Å². The second-order valence-electron chi connectivity index (χ2n) is 6.68. The Hall–Kier alpha value is -2.09. The minimum atomic E-state index is -3.66. The third-order valence-corrected chi connectivity index (χ3v) is 6.40. The number of fused-ring (bicyclic) bond motifs is 1. The number of nitrogens with one attached hydrogen (secondary N) is 2. The maximum absolute atomic E-state index is 12.5. The van der Waals surface area contributed by atoms with E-state index in [0.717, 1.165) is 31.2 Å². The number of anilines is 1. The number of hydrogen-bond acceptors (Lipinski definition) is 4. The molecule has 8 heteroatoms. The molecular weight excluding hydrogens is 400 g/mol. The van der Waals surface area contributed by atoms with Gasteiger partial charge >= 0.3 is 0 Å². The molecule has 0 spiro atoms. The molecule has 1 aliphatic rings. The van der Waals surface area contributed by atoms with Crippen molar-refractivity contribution in [2.75, 3.05) is 19.0 Å². The SMILES string of the molecule is COc1ccc(Cl)cc1NC(=O)CCNS(=O)(=O)c1ccc2c(c1)CCCC2. The maximum atomic E-state index is 12.5. The molecule has 0 bridgehead atoms. The minimum absolute atomic E-state index is 0.00582. The van der Waals surface area contributed by atoms with Crippen LogP contribution in [0.1, 0.15) is 30.4 Å². The molecule has 0 radical (unpaired) electrons. The number of rotatable bonds is 7. The number of hydrogen-bond donors (Lipinski definition) is 2. The third-order valence-electron chi connectivity index (χ3n) is 4.71. The molecule has 2 aromatic rings. The van der Waals surface area contributed by atoms with Crippen LogP contribution in [0.15, 0.2) is 41.3 Å². The van der Waals surface area contributed by atoms with Gasteiger partial charge < -0.3 is 10.1 Å². The number of benzene rings is 2. The fourth-order valence-electron chi connectivity index (χ4n) is 3.25. The summed E-state index contributed by atoms with van der Waals surface area (Å²) < 4.78 is 32.7. The van der Waals surface area contributed by atoms with E-state index in [1.165, 1.54) is 12.7 Å². The zero-order valence-electron chi connectivity index (χ0n) is 15.6. The lowest BCUT2D eigenvalue weighted by Gasteiger charge is -2.16. The Morgan fingerprint density at radius 1 is 1.11 bits per heavy atom. The summed E-state index contributed by atoms with van der Waals surface area (Å²) in [5.41, 5.74) is 2.76. The smallest absolute Gasteiger partial charge is 0.240 e. The Morgan fingerprint density at radius 3 is 2.61 bits per heavy atom. The van der Waals surface area contributed by atoms with Gasteiger partial charge in [-0.15, -0.1) is 0 Å². The Balaban J connectivity index is 1.58. The van der Waals surface area contributed by atoms with E-state index in [2.05, 4.69) is 10.0 Å². The highest BCUT2D eigenvalue weighted by molar-refractivity contribution is 7.89. The summed E-state index contributed by atoms with van der Waals surface area (Å²) in [6.07, 6.45) is 4.11. The number of carbonyl (C=O) groups is 1. The first-order valence-electron chi connectivity index (χ1n) is 9.14. The Kier molecular flexibility index (Phi) is 6.59. The molecule has 0 aliphatic heterocycles. The normalized spacial score (nSPS) is 13.6. The van der Waals surface area contributed by atoms with Gasteiger partial charge in [-0.25, -0.2) is 13.1 Å². The van der Waals surface area contributed by atoms with Gasteiger partial charge in [0.05, 0.1) is 17.7 Å². The van der Waals surface area contributed by atoms with Crippen LogP contribution in [0.5, 0.6) is 5.75 Å². The van der Waals surface area contributed by atoms with E-state index in [4.69, 9.17) is 16.3 Å². The van der Waals surface area contributed by atoms with Crippen LogP contribution in [-0.2, 0) is 27.7 Å². The molecule has 1 amide bonds. The molecule has 0 heterocycles. The van der Waals surface area contributed by atoms with Crippen molar-refractivity contribution >= 4 is 33.2 Å². The molecule has 1 aliphatic carbocycles. The average molecular weight is 423 g/mol. The quantitative estimate of drug-likeness (QED) is 0.714. The van der Waals surface area contributed by atoms with Crippen molar-refractivity contribution in [3.05, 3.63) is 52.5 Å². The first-order valence-corrected chi connectivity index (χ1v) is 11.0. The molecule has 2 N–H and O–H groups in total. The second-order valence-corrected chi connectivity index (χ2v) is 8.88. The topological polar surface area (TPSA) is 84.5 Å². The highest BCUT2D eigenvalue weighted by atomic mass is 35.5. The number of amides is 1. The Bertz CT molecular complexity index is 976. The minimum Gasteiger partial charge on any atom is -0.495 e. The van der Waals surface area contributed by atoms with Crippen LogP contribution in [0.3, 0.4) is 0 Å². The number of sulfonamides is 1. The summed E-state index contributed by atoms with van der Waals surface area (Å²) in [5.74, 6) is 0.140. The molecule has 2 aromatic carbocycles. The lowest BCUT2D eigenvalue weighted by Crippen LogP contribution is -2.28. The first kappa shape index (κ1) is 20.6. The van der Waals surface area contributed by atoms with Crippen molar-refractivity contribution in [1.82, 2.24) is 4.72 Å². The van der Waals surface area contributed by atoms with Crippen molar-refractivity contribution in [3.8, 4) is 5.75 Å². The van der Waals surface area contributed by atoms with Gasteiger partial charge in [0.15, 0.2) is 0 Å². The van der Waals surface area contributed by atoms with E-state index in [-0.39, 0.29) is 23.8 Å². The zero-order valence-corrected chi connectivity index (χ0v) is 17.2. The maximum Gasteiger partial charge on any atom is 0.240 e. The van der Waals surface area contributed by atoms with Crippen LogP contribution in [0.4, 0.5) is 5.69 Å². The summed E-state index contributed by atoms with van der Waals surface area (Å²) in [6.45, 7) is -0.00582. The fourth-order valence-corrected chi connectivity index (χ4v) is 4.50. The van der Waals surface area contributed by atoms with Crippen LogP contribution in [0.25, 0.3) is 0 Å². The third kappa shape index (κ3) is 5.04. The number of ether oxygens (including phenoxy) is 1. The summed E-state index contributed by atoms with van der Waals surface area (Å²) >= 11 is 5.94. The lowest BCUT2D eigenvalue weighted by molar-refractivity contribution is -0.116. The number of carbonyl (C=O) groups excluding carboxylic acids is 1. The van der Waals surface area contributed by atoms with Crippen molar-refractivity contribution in [2.24, 2.45) is 0 Å². The van der Waals surface area contributed by atoms with E-state index < -0.39 is 10.0 Å². The molecule has 0 saturated heterocycles. The largest absolute Gasteiger partial charge is 0.495 e. The van der Waals surface area contributed by atoms with E-state index in [1.54, 1.807) is 30.3 Å². The van der Waals surface area contributed by atoms with Gasteiger partial charge in [-0.1, -0.05) is 17.7 Å². The molecule has 28 heavy (non-hydrogen) atoms. The van der Waals surface area contributed by atoms with Crippen LogP contribution in [-0.4, -0.2) is 28.0 Å². The zero-order chi connectivity index (χ0) is 20.1. The van der Waals surface area contributed by atoms with Gasteiger partial charge in [-0.2, -0.15) is 0 Å². The van der Waals surface area contributed by atoms with Crippen LogP contribution < -0.4 is 14.8 Å². The van der Waals surface area contributed by atoms with E-state index in [1.807, 2.05) is 6.07 Å². The summed E-state index contributed by atoms with van der Waals surface area (Å²) in [6, 6.07) is 10.1. The van der Waals surface area contributed by atoms with Crippen molar-refractivity contribution in [3.63, 3.8) is 0 Å². The van der Waals surface area contributed by atoms with Crippen LogP contribution in [0, 0.1) is 0 Å². The number of methoxy groups -OCH3 is 1. The summed E-state index contributed by atoms with van der Waals surface area (Å²) in [4.78, 5) is 12.4. The summed E-state index contributed by atoms with van der Waals surface area (Å²) in [7, 11) is -2.17. The highest BCUT2D eigenvalue weighted by Gasteiger charge is 2.18. The molecule has 0 unspecified atom stereocenters. The van der Waals surface area contributed by atoms with Gasteiger partial charge in [-0.3, -0.25) is 4.79 Å². The lowest BCUT2D eigenvalue weighted by atomic mass is 9.92. The molecule has 3 rings (SSSR count). The predicted octanol–water partition coefficient (Wildman–Crippen LogP) is 3.53. The van der Waals surface area contributed by atoms with Crippen molar-refractivity contribution in [2.45, 2.75) is 37.0 Å². The molecule has 0 aromatic heterocycles. The molecule has 0 fully saturated rings. The van der Waals surface area contributed by atoms with Gasteiger partial charge in [0.25, 0.3) is 0 Å². The summed E-state index contributed by atoms with van der Waals surface area (Å²) in [5, 5.41) is 3.15. The molecule has 150 valence electrons. The second kappa shape index (κ2) is 8.94. The molecule has 0 saturated carbocycles. The fraction of sp³-hybridized carbons (Fsp3) is 0.350. The first-order chi connectivity index (χ1) is 13.4. The highest BCUT2D eigenvalue weighted by Crippen LogP contribution is 2.28. The van der Waals surface area contributed by atoms with Gasteiger partial charge in [0, 0.05) is 18.0 Å². The van der Waals surface area contributed by atoms with E-state index in [9.17, 15) is 13.2 Å². The average Bonchev–Trinajstić information content (AvgIpc) is 2.67. The van der Waals surface area contributed by atoms with Gasteiger partial charge in [0.1, 0.15) is 5.75 Å². The van der Waals surface area contributed by atoms with E-state index >= 15 is 0 Å². The van der Waals surface area contributed by atoms with Gasteiger partial charge in [0.2, 0.25) is 15.9 Å². The number of aryl methyl sites for hydroxylation is 2. The molecule has 0 atom stereocenters. The Labute approximate surface area is 170 Å². The van der Waals surface area contributed by atoms with Crippen molar-refractivity contribution < 1.29 is 17.9 Å². The number of halogens is 1. The van der Waals surface area contributed by atoms with Crippen LogP contribution >= 0.6 is 11.6 Å². The van der Waals surface area contributed by atoms with Crippen LogP contribution in [0.2, 0.25) is 5.02 Å². The monoisotopic (exact) mass is 422 g/mol. The molecule has 6 nitrogen and oxygen atoms in total. The Morgan fingerprint density at radius 2 is 1.86 bits per heavy atom.